The minimum atomic E-state index is -0.360. The van der Waals surface area contributed by atoms with E-state index in [0.29, 0.717) is 6.04 Å². The van der Waals surface area contributed by atoms with Gasteiger partial charge in [0.05, 0.1) is 6.04 Å². The van der Waals surface area contributed by atoms with Crippen molar-refractivity contribution in [3.05, 3.63) is 0 Å². The molecule has 0 radical (unpaired) electrons. The highest BCUT2D eigenvalue weighted by Crippen LogP contribution is 2.18. The fourth-order valence-corrected chi connectivity index (χ4v) is 2.43. The van der Waals surface area contributed by atoms with E-state index >= 15 is 0 Å². The molecule has 6 nitrogen and oxygen atoms in total. The van der Waals surface area contributed by atoms with Gasteiger partial charge in [0.25, 0.3) is 0 Å². The number of amides is 3. The SMILES string of the molecule is CNC1CCCN(C(C)C(=O)NC(=O)NC2CC2)C1.Cl. The molecule has 2 unspecified atom stereocenters. The molecule has 2 aliphatic rings. The van der Waals surface area contributed by atoms with E-state index in [9.17, 15) is 9.59 Å². The van der Waals surface area contributed by atoms with Gasteiger partial charge in [-0.15, -0.1) is 12.4 Å². The summed E-state index contributed by atoms with van der Waals surface area (Å²) in [5.41, 5.74) is 0. The molecule has 3 N–H and O–H groups in total. The summed E-state index contributed by atoms with van der Waals surface area (Å²) in [5, 5.41) is 8.44. The van der Waals surface area contributed by atoms with Gasteiger partial charge in [0.2, 0.25) is 5.91 Å². The second kappa shape index (κ2) is 7.81. The smallest absolute Gasteiger partial charge is 0.321 e. The predicted molar refractivity (Wildman–Crippen MR) is 80.1 cm³/mol. The lowest BCUT2D eigenvalue weighted by molar-refractivity contribution is -0.125. The second-order valence-corrected chi connectivity index (χ2v) is 5.54. The van der Waals surface area contributed by atoms with E-state index in [1.807, 2.05) is 14.0 Å². The standard InChI is InChI=1S/C13H24N4O2.ClH/c1-9(17-7-3-4-11(8-17)14-2)12(18)16-13(19)15-10-5-6-10;/h9-11,14H,3-8H2,1-2H3,(H2,15,16,18,19);1H. The van der Waals surface area contributed by atoms with Crippen LogP contribution < -0.4 is 16.0 Å². The molecule has 0 bridgehead atoms. The zero-order valence-corrected chi connectivity index (χ0v) is 13.0. The maximum atomic E-state index is 12.0. The molecule has 7 heteroatoms. The average Bonchev–Trinajstić information content (AvgIpc) is 3.21. The predicted octanol–water partition coefficient (Wildman–Crippen LogP) is 0.469. The normalized spacial score (nSPS) is 24.4. The number of likely N-dealkylation sites (tertiary alicyclic amines) is 1. The molecule has 0 aromatic carbocycles. The number of imide groups is 1. The largest absolute Gasteiger partial charge is 0.335 e. The number of hydrogen-bond donors (Lipinski definition) is 3. The molecular formula is C13H25ClN4O2. The second-order valence-electron chi connectivity index (χ2n) is 5.54. The van der Waals surface area contributed by atoms with Crippen LogP contribution in [0.1, 0.15) is 32.6 Å². The fraction of sp³-hybridized carbons (Fsp3) is 0.846. The topological polar surface area (TPSA) is 73.5 Å². The van der Waals surface area contributed by atoms with E-state index < -0.39 is 0 Å². The molecule has 0 aromatic rings. The summed E-state index contributed by atoms with van der Waals surface area (Å²) in [5.74, 6) is -0.213. The number of hydrogen-bond acceptors (Lipinski definition) is 4. The van der Waals surface area contributed by atoms with Gasteiger partial charge in [-0.3, -0.25) is 15.0 Å². The van der Waals surface area contributed by atoms with Crippen LogP contribution in [0.15, 0.2) is 0 Å². The van der Waals surface area contributed by atoms with Crippen molar-refractivity contribution in [1.82, 2.24) is 20.9 Å². The Morgan fingerprint density at radius 3 is 2.50 bits per heavy atom. The molecule has 0 aromatic heterocycles. The number of rotatable bonds is 4. The van der Waals surface area contributed by atoms with Crippen LogP contribution in [0.4, 0.5) is 4.79 Å². The van der Waals surface area contributed by atoms with Gasteiger partial charge in [0.1, 0.15) is 0 Å². The van der Waals surface area contributed by atoms with Crippen molar-refractivity contribution in [3.63, 3.8) is 0 Å². The molecule has 0 spiro atoms. The van der Waals surface area contributed by atoms with Crippen LogP contribution in [-0.2, 0) is 4.79 Å². The summed E-state index contributed by atoms with van der Waals surface area (Å²) in [6, 6.07) is 0.0821. The van der Waals surface area contributed by atoms with E-state index in [-0.39, 0.29) is 36.4 Å². The van der Waals surface area contributed by atoms with Crippen molar-refractivity contribution in [2.45, 2.75) is 50.7 Å². The summed E-state index contributed by atoms with van der Waals surface area (Å²) in [6.45, 7) is 3.63. The lowest BCUT2D eigenvalue weighted by atomic mass is 10.0. The van der Waals surface area contributed by atoms with E-state index in [4.69, 9.17) is 0 Å². The number of carbonyl (C=O) groups is 2. The van der Waals surface area contributed by atoms with Crippen molar-refractivity contribution in [3.8, 4) is 0 Å². The number of piperidine rings is 1. The molecule has 1 saturated heterocycles. The van der Waals surface area contributed by atoms with Crippen LogP contribution in [-0.4, -0.2) is 55.1 Å². The molecule has 1 aliphatic heterocycles. The van der Waals surface area contributed by atoms with Crippen LogP contribution in [0.5, 0.6) is 0 Å². The first kappa shape index (κ1) is 17.2. The van der Waals surface area contributed by atoms with Gasteiger partial charge in [-0.2, -0.15) is 0 Å². The van der Waals surface area contributed by atoms with Gasteiger partial charge >= 0.3 is 6.03 Å². The van der Waals surface area contributed by atoms with Crippen LogP contribution in [0.2, 0.25) is 0 Å². The lowest BCUT2D eigenvalue weighted by Gasteiger charge is -2.35. The first-order valence-corrected chi connectivity index (χ1v) is 7.13. The molecule has 1 saturated carbocycles. The van der Waals surface area contributed by atoms with Gasteiger partial charge in [-0.25, -0.2) is 4.79 Å². The van der Waals surface area contributed by atoms with E-state index in [2.05, 4.69) is 20.9 Å². The van der Waals surface area contributed by atoms with Crippen LogP contribution in [0.25, 0.3) is 0 Å². The van der Waals surface area contributed by atoms with Gasteiger partial charge in [0.15, 0.2) is 0 Å². The Kier molecular flexibility index (Phi) is 6.71. The van der Waals surface area contributed by atoms with Crippen molar-refractivity contribution in [1.29, 1.82) is 0 Å². The van der Waals surface area contributed by atoms with Crippen molar-refractivity contribution in [2.75, 3.05) is 20.1 Å². The minimum absolute atomic E-state index is 0. The highest BCUT2D eigenvalue weighted by atomic mass is 35.5. The average molecular weight is 305 g/mol. The first-order chi connectivity index (χ1) is 9.10. The number of halogens is 1. The lowest BCUT2D eigenvalue weighted by Crippen LogP contribution is -2.54. The number of urea groups is 1. The Morgan fingerprint density at radius 2 is 1.90 bits per heavy atom. The minimum Gasteiger partial charge on any atom is -0.335 e. The zero-order valence-electron chi connectivity index (χ0n) is 12.1. The van der Waals surface area contributed by atoms with Crippen LogP contribution in [0.3, 0.4) is 0 Å². The van der Waals surface area contributed by atoms with Crippen molar-refractivity contribution in [2.24, 2.45) is 0 Å². The van der Waals surface area contributed by atoms with Gasteiger partial charge < -0.3 is 10.6 Å². The van der Waals surface area contributed by atoms with Crippen LogP contribution >= 0.6 is 12.4 Å². The molecule has 20 heavy (non-hydrogen) atoms. The third-order valence-electron chi connectivity index (χ3n) is 3.94. The highest BCUT2D eigenvalue weighted by molar-refractivity contribution is 5.97. The van der Waals surface area contributed by atoms with Crippen molar-refractivity contribution >= 4 is 24.3 Å². The summed E-state index contributed by atoms with van der Waals surface area (Å²) >= 11 is 0. The Morgan fingerprint density at radius 1 is 1.20 bits per heavy atom. The highest BCUT2D eigenvalue weighted by Gasteiger charge is 2.29. The number of likely N-dealkylation sites (N-methyl/N-ethyl adjacent to an activating group) is 1. The van der Waals surface area contributed by atoms with Gasteiger partial charge in [0, 0.05) is 18.6 Å². The van der Waals surface area contributed by atoms with E-state index in [1.54, 1.807) is 0 Å². The van der Waals surface area contributed by atoms with Gasteiger partial charge in [-0.05, 0) is 46.2 Å². The fourth-order valence-electron chi connectivity index (χ4n) is 2.43. The Hall–Kier alpha value is -0.850. The summed E-state index contributed by atoms with van der Waals surface area (Å²) in [4.78, 5) is 25.7. The summed E-state index contributed by atoms with van der Waals surface area (Å²) < 4.78 is 0. The monoisotopic (exact) mass is 304 g/mol. The summed E-state index contributed by atoms with van der Waals surface area (Å²) in [7, 11) is 1.95. The molecule has 2 atom stereocenters. The van der Waals surface area contributed by atoms with E-state index in [1.165, 1.54) is 0 Å². The zero-order chi connectivity index (χ0) is 13.8. The number of nitrogens with one attached hydrogen (secondary N) is 3. The number of carbonyl (C=O) groups excluding carboxylic acids is 2. The Labute approximate surface area is 126 Å². The molecule has 3 amide bonds. The van der Waals surface area contributed by atoms with Crippen molar-refractivity contribution < 1.29 is 9.59 Å². The molecular weight excluding hydrogens is 280 g/mol. The molecule has 1 aliphatic carbocycles. The third-order valence-corrected chi connectivity index (χ3v) is 3.94. The van der Waals surface area contributed by atoms with E-state index in [0.717, 1.165) is 38.8 Å². The maximum absolute atomic E-state index is 12.0. The maximum Gasteiger partial charge on any atom is 0.321 e. The van der Waals surface area contributed by atoms with Crippen LogP contribution in [0, 0.1) is 0 Å². The Balaban J connectivity index is 0.00000200. The molecule has 1 heterocycles. The summed E-state index contributed by atoms with van der Waals surface area (Å²) in [6.07, 6.45) is 4.27. The number of nitrogens with zero attached hydrogens (tertiary/aromatic N) is 1. The molecule has 2 fully saturated rings. The first-order valence-electron chi connectivity index (χ1n) is 7.13. The molecule has 2 rings (SSSR count). The Bertz CT molecular complexity index is 349. The third kappa shape index (κ3) is 4.92. The molecule has 116 valence electrons. The quantitative estimate of drug-likeness (QED) is 0.706. The van der Waals surface area contributed by atoms with Gasteiger partial charge in [-0.1, -0.05) is 0 Å².